The Kier molecular flexibility index (Phi) is 3.31. The minimum absolute atomic E-state index is 0.00158. The number of piperidine rings is 1. The highest BCUT2D eigenvalue weighted by atomic mass is 16.6. The maximum atomic E-state index is 11.7. The second-order valence-corrected chi connectivity index (χ2v) is 4.50. The van der Waals surface area contributed by atoms with E-state index in [-0.39, 0.29) is 17.4 Å². The molecule has 0 N–H and O–H groups in total. The van der Waals surface area contributed by atoms with Crippen LogP contribution in [0.25, 0.3) is 0 Å². The molecule has 0 spiro atoms. The van der Waals surface area contributed by atoms with Crippen LogP contribution in [0.1, 0.15) is 19.8 Å². The van der Waals surface area contributed by atoms with Gasteiger partial charge in [0.2, 0.25) is 5.82 Å². The summed E-state index contributed by atoms with van der Waals surface area (Å²) in [6.07, 6.45) is 2.47. The average molecular weight is 252 g/mol. The van der Waals surface area contributed by atoms with Crippen molar-refractivity contribution in [3.63, 3.8) is 0 Å². The van der Waals surface area contributed by atoms with Gasteiger partial charge in [-0.15, -0.1) is 0 Å². The lowest BCUT2D eigenvalue weighted by Crippen LogP contribution is -2.41. The molecule has 1 aromatic heterocycles. The topological polar surface area (TPSA) is 81.3 Å². The van der Waals surface area contributed by atoms with E-state index in [9.17, 15) is 14.9 Å². The van der Waals surface area contributed by atoms with Crippen LogP contribution in [0, 0.1) is 16.0 Å². The van der Waals surface area contributed by atoms with E-state index in [4.69, 9.17) is 0 Å². The number of ketones is 1. The van der Waals surface area contributed by atoms with Crippen molar-refractivity contribution in [1.82, 2.24) is 9.78 Å². The molecule has 0 bridgehead atoms. The number of anilines is 1. The first-order valence-corrected chi connectivity index (χ1v) is 5.98. The summed E-state index contributed by atoms with van der Waals surface area (Å²) in [5, 5.41) is 14.9. The third-order valence-electron chi connectivity index (χ3n) is 3.40. The van der Waals surface area contributed by atoms with Gasteiger partial charge >= 0.3 is 5.69 Å². The van der Waals surface area contributed by atoms with Crippen LogP contribution < -0.4 is 4.90 Å². The second kappa shape index (κ2) is 4.75. The molecule has 1 unspecified atom stereocenters. The first-order valence-electron chi connectivity index (χ1n) is 5.98. The maximum absolute atomic E-state index is 11.7. The van der Waals surface area contributed by atoms with E-state index in [0.29, 0.717) is 25.3 Å². The molecule has 2 heterocycles. The van der Waals surface area contributed by atoms with Crippen molar-refractivity contribution in [3.8, 4) is 0 Å². The highest BCUT2D eigenvalue weighted by Gasteiger charge is 2.31. The molecular weight excluding hydrogens is 236 g/mol. The normalized spacial score (nSPS) is 20.2. The number of hydrogen-bond donors (Lipinski definition) is 0. The van der Waals surface area contributed by atoms with Crippen molar-refractivity contribution in [2.24, 2.45) is 13.0 Å². The van der Waals surface area contributed by atoms with Crippen LogP contribution in [-0.4, -0.2) is 33.6 Å². The fraction of sp³-hybridized carbons (Fsp3) is 0.636. The highest BCUT2D eigenvalue weighted by molar-refractivity contribution is 5.83. The van der Waals surface area contributed by atoms with Gasteiger partial charge in [-0.2, -0.15) is 5.10 Å². The van der Waals surface area contributed by atoms with E-state index < -0.39 is 4.92 Å². The Bertz CT molecular complexity index is 483. The van der Waals surface area contributed by atoms with Crippen molar-refractivity contribution >= 4 is 17.3 Å². The largest absolute Gasteiger partial charge is 0.350 e. The third kappa shape index (κ3) is 2.07. The number of nitro groups is 1. The lowest BCUT2D eigenvalue weighted by Gasteiger charge is -2.32. The van der Waals surface area contributed by atoms with Gasteiger partial charge < -0.3 is 4.90 Å². The molecule has 7 heteroatoms. The molecule has 7 nitrogen and oxygen atoms in total. The van der Waals surface area contributed by atoms with Gasteiger partial charge in [0.05, 0.1) is 4.92 Å². The molecule has 18 heavy (non-hydrogen) atoms. The van der Waals surface area contributed by atoms with E-state index in [0.717, 1.165) is 6.42 Å². The van der Waals surface area contributed by atoms with Gasteiger partial charge in [-0.25, -0.2) is 4.68 Å². The van der Waals surface area contributed by atoms with Gasteiger partial charge in [0.1, 0.15) is 12.0 Å². The predicted octanol–water partition coefficient (Wildman–Crippen LogP) is 1.13. The lowest BCUT2D eigenvalue weighted by atomic mass is 9.94. The van der Waals surface area contributed by atoms with Gasteiger partial charge in [0, 0.05) is 32.5 Å². The smallest absolute Gasteiger partial charge is 0.331 e. The molecule has 0 saturated carbocycles. The van der Waals surface area contributed by atoms with Crippen LogP contribution in [0.5, 0.6) is 0 Å². The Hall–Kier alpha value is -1.92. The highest BCUT2D eigenvalue weighted by Crippen LogP contribution is 2.30. The van der Waals surface area contributed by atoms with E-state index in [2.05, 4.69) is 5.10 Å². The molecule has 1 fully saturated rings. The summed E-state index contributed by atoms with van der Waals surface area (Å²) in [7, 11) is 1.68. The summed E-state index contributed by atoms with van der Waals surface area (Å²) in [6.45, 7) is 3.02. The number of rotatable bonds is 3. The summed E-state index contributed by atoms with van der Waals surface area (Å²) in [4.78, 5) is 24.1. The zero-order valence-corrected chi connectivity index (χ0v) is 10.5. The summed E-state index contributed by atoms with van der Waals surface area (Å²) >= 11 is 0. The Labute approximate surface area is 105 Å². The van der Waals surface area contributed by atoms with Crippen molar-refractivity contribution < 1.29 is 9.72 Å². The van der Waals surface area contributed by atoms with Crippen LogP contribution in [0.4, 0.5) is 11.5 Å². The Balaban J connectivity index is 2.29. The quantitative estimate of drug-likeness (QED) is 0.595. The van der Waals surface area contributed by atoms with Gasteiger partial charge in [-0.05, 0) is 6.42 Å². The first kappa shape index (κ1) is 12.5. The van der Waals surface area contributed by atoms with Crippen LogP contribution in [0.2, 0.25) is 0 Å². The van der Waals surface area contributed by atoms with Gasteiger partial charge in [0.15, 0.2) is 0 Å². The standard InChI is InChI=1S/C11H16N4O3/c1-3-8-7-14(5-4-10(8)16)11-9(15(17)18)6-12-13(11)2/h6,8H,3-5,7H2,1-2H3. The minimum atomic E-state index is -0.431. The van der Waals surface area contributed by atoms with Crippen LogP contribution in [-0.2, 0) is 11.8 Å². The Morgan fingerprint density at radius 2 is 2.33 bits per heavy atom. The SMILES string of the molecule is CCC1CN(c2c([N+](=O)[O-])cnn2C)CCC1=O. The van der Waals surface area contributed by atoms with Crippen molar-refractivity contribution in [1.29, 1.82) is 0 Å². The predicted molar refractivity (Wildman–Crippen MR) is 65.5 cm³/mol. The van der Waals surface area contributed by atoms with Crippen LogP contribution in [0.15, 0.2) is 6.20 Å². The summed E-state index contributed by atoms with van der Waals surface area (Å²) in [6, 6.07) is 0. The molecule has 1 atom stereocenters. The molecule has 2 rings (SSSR count). The summed E-state index contributed by atoms with van der Waals surface area (Å²) in [5.74, 6) is 0.706. The number of carbonyl (C=O) groups is 1. The van der Waals surface area contributed by atoms with Gasteiger partial charge in [0.25, 0.3) is 0 Å². The molecule has 98 valence electrons. The van der Waals surface area contributed by atoms with Gasteiger partial charge in [-0.3, -0.25) is 14.9 Å². The number of nitrogens with zero attached hydrogens (tertiary/aromatic N) is 4. The average Bonchev–Trinajstić information content (AvgIpc) is 2.72. The molecular formula is C11H16N4O3. The van der Waals surface area contributed by atoms with Crippen LogP contribution >= 0.6 is 0 Å². The number of hydrogen-bond acceptors (Lipinski definition) is 5. The lowest BCUT2D eigenvalue weighted by molar-refractivity contribution is -0.384. The minimum Gasteiger partial charge on any atom is -0.350 e. The number of Topliss-reactive ketones (excluding diaryl/α,β-unsaturated/α-hetero) is 1. The Morgan fingerprint density at radius 1 is 1.61 bits per heavy atom. The number of carbonyl (C=O) groups excluding carboxylic acids is 1. The van der Waals surface area contributed by atoms with Gasteiger partial charge in [-0.1, -0.05) is 6.92 Å². The van der Waals surface area contributed by atoms with Crippen molar-refractivity contribution in [2.45, 2.75) is 19.8 Å². The van der Waals surface area contributed by atoms with E-state index in [1.54, 1.807) is 7.05 Å². The zero-order chi connectivity index (χ0) is 13.3. The Morgan fingerprint density at radius 3 is 2.94 bits per heavy atom. The molecule has 1 aromatic rings. The summed E-state index contributed by atoms with van der Waals surface area (Å²) in [5.41, 5.74) is 0.00158. The molecule has 0 aliphatic carbocycles. The van der Waals surface area contributed by atoms with E-state index in [1.807, 2.05) is 11.8 Å². The maximum Gasteiger partial charge on any atom is 0.331 e. The number of aromatic nitrogens is 2. The fourth-order valence-electron chi connectivity index (χ4n) is 2.37. The van der Waals surface area contributed by atoms with Crippen molar-refractivity contribution in [3.05, 3.63) is 16.3 Å². The molecule has 1 aliphatic heterocycles. The fourth-order valence-corrected chi connectivity index (χ4v) is 2.37. The molecule has 0 radical (unpaired) electrons. The zero-order valence-electron chi connectivity index (χ0n) is 10.5. The molecule has 0 amide bonds. The number of aryl methyl sites for hydroxylation is 1. The molecule has 1 aliphatic rings. The first-order chi connectivity index (χ1) is 8.54. The molecule has 1 saturated heterocycles. The second-order valence-electron chi connectivity index (χ2n) is 4.50. The summed E-state index contributed by atoms with van der Waals surface area (Å²) < 4.78 is 1.50. The van der Waals surface area contributed by atoms with E-state index in [1.165, 1.54) is 10.9 Å². The molecule has 0 aromatic carbocycles. The monoisotopic (exact) mass is 252 g/mol. The van der Waals surface area contributed by atoms with E-state index >= 15 is 0 Å². The van der Waals surface area contributed by atoms with Crippen molar-refractivity contribution in [2.75, 3.05) is 18.0 Å². The third-order valence-corrected chi connectivity index (χ3v) is 3.40. The van der Waals surface area contributed by atoms with Crippen LogP contribution in [0.3, 0.4) is 0 Å².